The van der Waals surface area contributed by atoms with Crippen molar-refractivity contribution in [1.82, 2.24) is 0 Å². The van der Waals surface area contributed by atoms with Crippen LogP contribution in [-0.4, -0.2) is 16.8 Å². The summed E-state index contributed by atoms with van der Waals surface area (Å²) >= 11 is 0. The minimum Gasteiger partial charge on any atom is -0.450 e. The molecule has 6 N–H and O–H groups in total. The van der Waals surface area contributed by atoms with Crippen molar-refractivity contribution >= 4 is 23.3 Å². The number of nitrogens with zero attached hydrogens (tertiary/aromatic N) is 3. The van der Waals surface area contributed by atoms with Crippen molar-refractivity contribution in [2.45, 2.75) is 0 Å². The van der Waals surface area contributed by atoms with Gasteiger partial charge in [0.1, 0.15) is 5.75 Å². The van der Waals surface area contributed by atoms with Crippen LogP contribution in [0, 0.1) is 10.1 Å². The number of hydrogen-bond donors (Lipinski definition) is 3. The third kappa shape index (κ3) is 4.43. The molecule has 0 saturated carbocycles. The van der Waals surface area contributed by atoms with Crippen LogP contribution in [0.3, 0.4) is 0 Å². The third-order valence-corrected chi connectivity index (χ3v) is 2.61. The van der Waals surface area contributed by atoms with Gasteiger partial charge in [0.25, 0.3) is 0 Å². The van der Waals surface area contributed by atoms with Crippen LogP contribution in [0.4, 0.5) is 11.4 Å². The van der Waals surface area contributed by atoms with Gasteiger partial charge in [-0.25, -0.2) is 4.99 Å². The topological polar surface area (TPSA) is 155 Å². The summed E-state index contributed by atoms with van der Waals surface area (Å²) in [5.74, 6) is 0.285. The van der Waals surface area contributed by atoms with E-state index < -0.39 is 4.92 Å². The molecular weight excluding hydrogens is 300 g/mol. The molecule has 9 heteroatoms. The zero-order chi connectivity index (χ0) is 16.8. The second-order valence-electron chi connectivity index (χ2n) is 4.33. The predicted molar refractivity (Wildman–Crippen MR) is 86.7 cm³/mol. The molecule has 0 fully saturated rings. The lowest BCUT2D eigenvalue weighted by atomic mass is 10.3. The number of ether oxygens (including phenoxy) is 1. The van der Waals surface area contributed by atoms with Crippen LogP contribution in [0.2, 0.25) is 0 Å². The zero-order valence-electron chi connectivity index (χ0n) is 11.9. The van der Waals surface area contributed by atoms with E-state index in [-0.39, 0.29) is 23.4 Å². The molecule has 23 heavy (non-hydrogen) atoms. The Bertz CT molecular complexity index is 766. The minimum absolute atomic E-state index is 0.0858. The van der Waals surface area contributed by atoms with E-state index in [0.29, 0.717) is 11.4 Å². The molecule has 2 rings (SSSR count). The predicted octanol–water partition coefficient (Wildman–Crippen LogP) is 1.61. The van der Waals surface area contributed by atoms with Crippen molar-refractivity contribution in [1.29, 1.82) is 0 Å². The number of guanidine groups is 2. The molecule has 0 radical (unpaired) electrons. The fourth-order valence-corrected chi connectivity index (χ4v) is 1.70. The fraction of sp³-hybridized carbons (Fsp3) is 0. The molecule has 0 aliphatic carbocycles. The molecule has 0 heterocycles. The monoisotopic (exact) mass is 314 g/mol. The highest BCUT2D eigenvalue weighted by molar-refractivity contribution is 5.93. The van der Waals surface area contributed by atoms with Gasteiger partial charge in [0.05, 0.1) is 10.6 Å². The number of benzene rings is 2. The molecule has 9 nitrogen and oxygen atoms in total. The van der Waals surface area contributed by atoms with Crippen molar-refractivity contribution in [3.05, 3.63) is 58.6 Å². The van der Waals surface area contributed by atoms with Crippen molar-refractivity contribution in [3.8, 4) is 11.5 Å². The number of nitro benzene ring substituents is 1. The molecule has 0 aliphatic rings. The summed E-state index contributed by atoms with van der Waals surface area (Å²) in [6.07, 6.45) is 0. The lowest BCUT2D eigenvalue weighted by Gasteiger charge is -2.06. The van der Waals surface area contributed by atoms with Crippen LogP contribution in [0.25, 0.3) is 0 Å². The second-order valence-corrected chi connectivity index (χ2v) is 4.33. The first-order chi connectivity index (χ1) is 11.0. The Balaban J connectivity index is 2.18. The molecule has 0 amide bonds. The van der Waals surface area contributed by atoms with Gasteiger partial charge in [-0.05, 0) is 30.3 Å². The Labute approximate surface area is 131 Å². The minimum atomic E-state index is -0.510. The second kappa shape index (κ2) is 6.89. The van der Waals surface area contributed by atoms with Gasteiger partial charge >= 0.3 is 5.69 Å². The van der Waals surface area contributed by atoms with Gasteiger partial charge in [0.2, 0.25) is 11.7 Å². The molecule has 0 unspecified atom stereocenters. The highest BCUT2D eigenvalue weighted by Gasteiger charge is 2.14. The van der Waals surface area contributed by atoms with Crippen LogP contribution < -0.4 is 21.9 Å². The molecule has 0 aliphatic heterocycles. The molecule has 2 aromatic rings. The van der Waals surface area contributed by atoms with Crippen LogP contribution in [0.1, 0.15) is 0 Å². The SMILES string of the molecule is NC(N)=NC(N)=Nc1ccc(Oc2ccccc2[N+](=O)[O-])cc1. The van der Waals surface area contributed by atoms with Crippen LogP contribution >= 0.6 is 0 Å². The summed E-state index contributed by atoms with van der Waals surface area (Å²) in [5, 5.41) is 10.9. The number of nitro groups is 1. The average Bonchev–Trinajstić information content (AvgIpc) is 2.48. The molecule has 0 spiro atoms. The van der Waals surface area contributed by atoms with Crippen molar-refractivity contribution < 1.29 is 9.66 Å². The molecule has 2 aromatic carbocycles. The molecule has 0 bridgehead atoms. The molecular formula is C14H14N6O3. The highest BCUT2D eigenvalue weighted by atomic mass is 16.6. The summed E-state index contributed by atoms with van der Waals surface area (Å²) in [6.45, 7) is 0. The van der Waals surface area contributed by atoms with Gasteiger partial charge in [-0.15, -0.1) is 0 Å². The normalized spacial score (nSPS) is 10.9. The van der Waals surface area contributed by atoms with E-state index in [4.69, 9.17) is 21.9 Å². The van der Waals surface area contributed by atoms with Crippen LogP contribution in [-0.2, 0) is 0 Å². The first kappa shape index (κ1) is 15.8. The zero-order valence-corrected chi connectivity index (χ0v) is 11.9. The van der Waals surface area contributed by atoms with Crippen LogP contribution in [0.5, 0.6) is 11.5 Å². The van der Waals surface area contributed by atoms with E-state index in [9.17, 15) is 10.1 Å². The Hall–Kier alpha value is -3.62. The summed E-state index contributed by atoms with van der Waals surface area (Å²) in [4.78, 5) is 18.0. The number of hydrogen-bond acceptors (Lipinski definition) is 4. The number of rotatable bonds is 4. The van der Waals surface area contributed by atoms with Gasteiger partial charge in [-0.2, -0.15) is 4.99 Å². The Morgan fingerprint density at radius 1 is 1.04 bits per heavy atom. The first-order valence-corrected chi connectivity index (χ1v) is 6.41. The van der Waals surface area contributed by atoms with E-state index >= 15 is 0 Å². The van der Waals surface area contributed by atoms with Gasteiger partial charge in [0.15, 0.2) is 5.96 Å². The number of nitrogens with two attached hydrogens (primary N) is 3. The Kier molecular flexibility index (Phi) is 4.72. The maximum absolute atomic E-state index is 10.9. The fourth-order valence-electron chi connectivity index (χ4n) is 1.70. The molecule has 0 aromatic heterocycles. The maximum atomic E-state index is 10.9. The Morgan fingerprint density at radius 2 is 1.70 bits per heavy atom. The highest BCUT2D eigenvalue weighted by Crippen LogP contribution is 2.31. The maximum Gasteiger partial charge on any atom is 0.311 e. The summed E-state index contributed by atoms with van der Waals surface area (Å²) < 4.78 is 5.51. The van der Waals surface area contributed by atoms with Gasteiger partial charge in [-0.3, -0.25) is 10.1 Å². The summed E-state index contributed by atoms with van der Waals surface area (Å²) in [5.41, 5.74) is 16.3. The van der Waals surface area contributed by atoms with E-state index in [2.05, 4.69) is 9.98 Å². The van der Waals surface area contributed by atoms with Gasteiger partial charge < -0.3 is 21.9 Å². The van der Waals surface area contributed by atoms with E-state index in [0.717, 1.165) is 0 Å². The standard InChI is InChI=1S/C14H14N6O3/c15-13(16)19-14(17)18-9-5-7-10(8-6-9)23-12-4-2-1-3-11(12)20(21)22/h1-8H,(H6,15,16,17,18,19). The van der Waals surface area contributed by atoms with E-state index in [1.54, 1.807) is 36.4 Å². The molecule has 0 atom stereocenters. The quantitative estimate of drug-likeness (QED) is 0.337. The molecule has 118 valence electrons. The smallest absolute Gasteiger partial charge is 0.311 e. The largest absolute Gasteiger partial charge is 0.450 e. The number of para-hydroxylation sites is 2. The van der Waals surface area contributed by atoms with Crippen molar-refractivity contribution in [3.63, 3.8) is 0 Å². The van der Waals surface area contributed by atoms with Gasteiger partial charge in [-0.1, -0.05) is 12.1 Å². The van der Waals surface area contributed by atoms with Crippen LogP contribution in [0.15, 0.2) is 58.5 Å². The number of aliphatic imine (C=N–C) groups is 2. The van der Waals surface area contributed by atoms with E-state index in [1.165, 1.54) is 12.1 Å². The first-order valence-electron chi connectivity index (χ1n) is 6.41. The van der Waals surface area contributed by atoms with Crippen molar-refractivity contribution in [2.75, 3.05) is 0 Å². The van der Waals surface area contributed by atoms with E-state index in [1.807, 2.05) is 0 Å². The lowest BCUT2D eigenvalue weighted by molar-refractivity contribution is -0.385. The van der Waals surface area contributed by atoms with Crippen molar-refractivity contribution in [2.24, 2.45) is 27.2 Å². The summed E-state index contributed by atoms with van der Waals surface area (Å²) in [6, 6.07) is 12.5. The average molecular weight is 314 g/mol. The third-order valence-electron chi connectivity index (χ3n) is 2.61. The summed E-state index contributed by atoms with van der Waals surface area (Å²) in [7, 11) is 0. The molecule has 0 saturated heterocycles. The lowest BCUT2D eigenvalue weighted by Crippen LogP contribution is -2.26. The van der Waals surface area contributed by atoms with Gasteiger partial charge in [0, 0.05) is 6.07 Å². The Morgan fingerprint density at radius 3 is 2.30 bits per heavy atom.